The molecule has 0 aromatic heterocycles. The topological polar surface area (TPSA) is 66.4 Å². The van der Waals surface area contributed by atoms with Crippen LogP contribution in [0.5, 0.6) is 0 Å². The van der Waals surface area contributed by atoms with Gasteiger partial charge in [0.1, 0.15) is 0 Å². The Bertz CT molecular complexity index is 355. The van der Waals surface area contributed by atoms with E-state index in [4.69, 9.17) is 0 Å². The van der Waals surface area contributed by atoms with Crippen LogP contribution in [0.25, 0.3) is 0 Å². The van der Waals surface area contributed by atoms with Crippen LogP contribution >= 0.6 is 0 Å². The van der Waals surface area contributed by atoms with Crippen LogP contribution in [-0.2, 0) is 10.0 Å². The van der Waals surface area contributed by atoms with Gasteiger partial charge in [-0.3, -0.25) is 0 Å². The van der Waals surface area contributed by atoms with Crippen molar-refractivity contribution in [2.24, 2.45) is 17.8 Å². The Balaban J connectivity index is 1.98. The minimum Gasteiger partial charge on any atom is -0.396 e. The van der Waals surface area contributed by atoms with Crippen LogP contribution < -0.4 is 4.72 Å². The molecule has 0 heterocycles. The standard InChI is InChI=1S/C12H23NO3S/c1-2-3-6-17(15,16)13-12-10-5-4-9(7-10)11(12)8-14/h9-14H,2-8H2,1H3/t9-,10-,11+,12+/m1/s1. The number of aliphatic hydroxyl groups excluding tert-OH is 1. The first-order valence-electron chi connectivity index (χ1n) is 6.68. The van der Waals surface area contributed by atoms with Crippen LogP contribution in [-0.4, -0.2) is 31.9 Å². The summed E-state index contributed by atoms with van der Waals surface area (Å²) in [5.41, 5.74) is 0. The van der Waals surface area contributed by atoms with Crippen molar-refractivity contribution < 1.29 is 13.5 Å². The second kappa shape index (κ2) is 5.24. The van der Waals surface area contributed by atoms with Crippen molar-refractivity contribution in [2.45, 2.75) is 45.1 Å². The highest BCUT2D eigenvalue weighted by atomic mass is 32.2. The summed E-state index contributed by atoms with van der Waals surface area (Å²) in [6, 6.07) is -0.0133. The molecule has 2 saturated carbocycles. The molecule has 2 N–H and O–H groups in total. The van der Waals surface area contributed by atoms with Gasteiger partial charge in [-0.1, -0.05) is 13.3 Å². The maximum atomic E-state index is 11.9. The predicted octanol–water partition coefficient (Wildman–Crippen LogP) is 1.11. The largest absolute Gasteiger partial charge is 0.396 e. The second-order valence-electron chi connectivity index (χ2n) is 5.50. The van der Waals surface area contributed by atoms with E-state index >= 15 is 0 Å². The summed E-state index contributed by atoms with van der Waals surface area (Å²) in [4.78, 5) is 0. The summed E-state index contributed by atoms with van der Waals surface area (Å²) in [6.45, 7) is 2.10. The van der Waals surface area contributed by atoms with E-state index in [0.29, 0.717) is 18.3 Å². The Kier molecular flexibility index (Phi) is 4.10. The van der Waals surface area contributed by atoms with E-state index in [1.165, 1.54) is 0 Å². The smallest absolute Gasteiger partial charge is 0.211 e. The Morgan fingerprint density at radius 1 is 1.29 bits per heavy atom. The average Bonchev–Trinajstić information content (AvgIpc) is 2.86. The van der Waals surface area contributed by atoms with Gasteiger partial charge in [0.15, 0.2) is 0 Å². The Hall–Kier alpha value is -0.130. The fourth-order valence-corrected chi connectivity index (χ4v) is 5.03. The summed E-state index contributed by atoms with van der Waals surface area (Å²) >= 11 is 0. The minimum absolute atomic E-state index is 0.0133. The lowest BCUT2D eigenvalue weighted by atomic mass is 9.86. The summed E-state index contributed by atoms with van der Waals surface area (Å²) in [6.07, 6.45) is 4.96. The molecule has 5 heteroatoms. The van der Waals surface area contributed by atoms with Crippen molar-refractivity contribution in [1.29, 1.82) is 0 Å². The predicted molar refractivity (Wildman–Crippen MR) is 67.0 cm³/mol. The van der Waals surface area contributed by atoms with Gasteiger partial charge in [0, 0.05) is 18.6 Å². The number of aliphatic hydroxyl groups is 1. The van der Waals surface area contributed by atoms with Crippen molar-refractivity contribution in [3.05, 3.63) is 0 Å². The van der Waals surface area contributed by atoms with Crippen LogP contribution in [0.1, 0.15) is 39.0 Å². The molecule has 2 fully saturated rings. The van der Waals surface area contributed by atoms with Crippen LogP contribution in [0.3, 0.4) is 0 Å². The maximum absolute atomic E-state index is 11.9. The molecule has 100 valence electrons. The molecular formula is C12H23NO3S. The number of hydrogen-bond acceptors (Lipinski definition) is 3. The zero-order valence-electron chi connectivity index (χ0n) is 10.4. The van der Waals surface area contributed by atoms with Gasteiger partial charge in [-0.2, -0.15) is 0 Å². The van der Waals surface area contributed by atoms with E-state index in [9.17, 15) is 13.5 Å². The number of sulfonamides is 1. The fourth-order valence-electron chi connectivity index (χ4n) is 3.46. The average molecular weight is 261 g/mol. The van der Waals surface area contributed by atoms with E-state index in [1.807, 2.05) is 6.92 Å². The molecule has 2 aliphatic rings. The quantitative estimate of drug-likeness (QED) is 0.753. The summed E-state index contributed by atoms with van der Waals surface area (Å²) in [5, 5.41) is 9.40. The third-order valence-electron chi connectivity index (χ3n) is 4.38. The zero-order valence-corrected chi connectivity index (χ0v) is 11.2. The molecule has 0 aliphatic heterocycles. The molecule has 0 unspecified atom stereocenters. The third-order valence-corrected chi connectivity index (χ3v) is 5.84. The molecule has 0 saturated heterocycles. The van der Waals surface area contributed by atoms with Crippen LogP contribution in [0, 0.1) is 17.8 Å². The van der Waals surface area contributed by atoms with E-state index in [1.54, 1.807) is 0 Å². The van der Waals surface area contributed by atoms with Gasteiger partial charge >= 0.3 is 0 Å². The SMILES string of the molecule is CCCCS(=O)(=O)N[C@H]1[C@@H]2CC[C@H](C2)[C@@H]1CO. The highest BCUT2D eigenvalue weighted by molar-refractivity contribution is 7.89. The van der Waals surface area contributed by atoms with Gasteiger partial charge in [0.25, 0.3) is 0 Å². The molecule has 0 aromatic rings. The molecule has 0 aromatic carbocycles. The first-order chi connectivity index (χ1) is 8.07. The number of rotatable bonds is 6. The van der Waals surface area contributed by atoms with Gasteiger partial charge in [-0.15, -0.1) is 0 Å². The van der Waals surface area contributed by atoms with Gasteiger partial charge in [-0.05, 0) is 37.5 Å². The lowest BCUT2D eigenvalue weighted by Gasteiger charge is -2.30. The van der Waals surface area contributed by atoms with Crippen LogP contribution in [0.15, 0.2) is 0 Å². The first kappa shape index (κ1) is 13.3. The molecule has 2 bridgehead atoms. The summed E-state index contributed by atoms with van der Waals surface area (Å²) in [7, 11) is -3.15. The molecule has 4 nitrogen and oxygen atoms in total. The van der Waals surface area contributed by atoms with Crippen LogP contribution in [0.4, 0.5) is 0 Å². The molecule has 2 aliphatic carbocycles. The molecule has 0 radical (unpaired) electrons. The Labute approximate surface area is 104 Å². The third kappa shape index (κ3) is 2.83. The van der Waals surface area contributed by atoms with Gasteiger partial charge in [0.2, 0.25) is 10.0 Å². The van der Waals surface area contributed by atoms with Gasteiger partial charge in [0.05, 0.1) is 5.75 Å². The molecule has 0 spiro atoms. The number of unbranched alkanes of at least 4 members (excludes halogenated alkanes) is 1. The molecule has 2 rings (SSSR count). The molecular weight excluding hydrogens is 238 g/mol. The van der Waals surface area contributed by atoms with E-state index in [2.05, 4.69) is 4.72 Å². The van der Waals surface area contributed by atoms with Crippen molar-refractivity contribution in [3.63, 3.8) is 0 Å². The van der Waals surface area contributed by atoms with E-state index in [-0.39, 0.29) is 24.3 Å². The summed E-state index contributed by atoms with van der Waals surface area (Å²) < 4.78 is 26.6. The monoisotopic (exact) mass is 261 g/mol. The van der Waals surface area contributed by atoms with E-state index in [0.717, 1.165) is 25.7 Å². The fraction of sp³-hybridized carbons (Fsp3) is 1.00. The maximum Gasteiger partial charge on any atom is 0.211 e. The number of hydrogen-bond donors (Lipinski definition) is 2. The lowest BCUT2D eigenvalue weighted by Crippen LogP contribution is -2.45. The highest BCUT2D eigenvalue weighted by Crippen LogP contribution is 2.48. The normalized spacial score (nSPS) is 36.6. The highest BCUT2D eigenvalue weighted by Gasteiger charge is 2.48. The number of nitrogens with one attached hydrogen (secondary N) is 1. The molecule has 17 heavy (non-hydrogen) atoms. The van der Waals surface area contributed by atoms with Crippen molar-refractivity contribution in [3.8, 4) is 0 Å². The van der Waals surface area contributed by atoms with Crippen LogP contribution in [0.2, 0.25) is 0 Å². The lowest BCUT2D eigenvalue weighted by molar-refractivity contribution is 0.153. The zero-order chi connectivity index (χ0) is 12.5. The van der Waals surface area contributed by atoms with Gasteiger partial charge < -0.3 is 5.11 Å². The Morgan fingerprint density at radius 2 is 2.00 bits per heavy atom. The van der Waals surface area contributed by atoms with Crippen molar-refractivity contribution in [2.75, 3.05) is 12.4 Å². The molecule has 0 amide bonds. The van der Waals surface area contributed by atoms with Gasteiger partial charge in [-0.25, -0.2) is 13.1 Å². The van der Waals surface area contributed by atoms with Crippen molar-refractivity contribution in [1.82, 2.24) is 4.72 Å². The summed E-state index contributed by atoms with van der Waals surface area (Å²) in [5.74, 6) is 1.35. The second-order valence-corrected chi connectivity index (χ2v) is 7.37. The number of fused-ring (bicyclic) bond motifs is 2. The first-order valence-corrected chi connectivity index (χ1v) is 8.33. The molecule has 4 atom stereocenters. The Morgan fingerprint density at radius 3 is 2.65 bits per heavy atom. The minimum atomic E-state index is -3.15. The van der Waals surface area contributed by atoms with Crippen molar-refractivity contribution >= 4 is 10.0 Å². The van der Waals surface area contributed by atoms with E-state index < -0.39 is 10.0 Å².